The number of hydrogen-bond donors (Lipinski definition) is 1. The number of benzene rings is 1. The molecule has 0 spiro atoms. The maximum Gasteiger partial charge on any atom is 0.259 e. The molecule has 4 rings (SSSR count). The molecule has 0 bridgehead atoms. The minimum atomic E-state index is -0.0723. The van der Waals surface area contributed by atoms with Gasteiger partial charge in [0.05, 0.1) is 14.2 Å². The van der Waals surface area contributed by atoms with Crippen LogP contribution >= 0.6 is 11.6 Å². The molecule has 0 aliphatic carbocycles. The topological polar surface area (TPSA) is 79.8 Å². The highest BCUT2D eigenvalue weighted by Gasteiger charge is 2.42. The number of aromatic nitrogens is 2. The molecule has 2 aromatic rings. The number of fused-ring (bicyclic) bond motifs is 1. The Labute approximate surface area is 193 Å². The number of amides is 1. The highest BCUT2D eigenvalue weighted by Crippen LogP contribution is 2.33. The number of carbonyl (C=O) groups is 1. The van der Waals surface area contributed by atoms with E-state index < -0.39 is 0 Å². The molecule has 9 heteroatoms. The Bertz CT molecular complexity index is 959. The number of anilines is 1. The van der Waals surface area contributed by atoms with Crippen molar-refractivity contribution in [2.45, 2.75) is 13.3 Å². The molecule has 0 radical (unpaired) electrons. The van der Waals surface area contributed by atoms with Crippen molar-refractivity contribution < 1.29 is 14.3 Å². The largest absolute Gasteiger partial charge is 0.480 e. The lowest BCUT2D eigenvalue weighted by Gasteiger charge is -2.22. The molecular weight excluding hydrogens is 430 g/mol. The number of likely N-dealkylation sites (tertiary alicyclic amines) is 2. The third-order valence-electron chi connectivity index (χ3n) is 6.37. The van der Waals surface area contributed by atoms with Crippen LogP contribution < -0.4 is 14.8 Å². The second-order valence-electron chi connectivity index (χ2n) is 8.54. The normalized spacial score (nSPS) is 20.3. The average Bonchev–Trinajstić information content (AvgIpc) is 3.37. The quantitative estimate of drug-likeness (QED) is 0.608. The average molecular weight is 460 g/mol. The van der Waals surface area contributed by atoms with Gasteiger partial charge in [0.2, 0.25) is 11.8 Å². The lowest BCUT2D eigenvalue weighted by atomic mass is 10.0. The molecule has 3 heterocycles. The van der Waals surface area contributed by atoms with Crippen LogP contribution in [0.3, 0.4) is 0 Å². The number of carbonyl (C=O) groups excluding carboxylic acids is 1. The van der Waals surface area contributed by atoms with Gasteiger partial charge >= 0.3 is 0 Å². The van der Waals surface area contributed by atoms with E-state index in [2.05, 4.69) is 26.5 Å². The van der Waals surface area contributed by atoms with Crippen LogP contribution in [0, 0.1) is 18.8 Å². The first-order valence-electron chi connectivity index (χ1n) is 11.0. The number of nitrogens with one attached hydrogen (secondary N) is 1. The van der Waals surface area contributed by atoms with E-state index in [1.807, 2.05) is 24.0 Å². The van der Waals surface area contributed by atoms with E-state index in [0.717, 1.165) is 62.0 Å². The molecule has 0 saturated carbocycles. The third-order valence-corrected chi connectivity index (χ3v) is 6.78. The predicted octanol–water partition coefficient (Wildman–Crippen LogP) is 2.96. The van der Waals surface area contributed by atoms with Gasteiger partial charge in [-0.05, 0) is 49.4 Å². The molecule has 8 nitrogen and oxygen atoms in total. The zero-order valence-electron chi connectivity index (χ0n) is 18.8. The minimum absolute atomic E-state index is 0.0723. The highest BCUT2D eigenvalue weighted by atomic mass is 35.5. The second kappa shape index (κ2) is 9.92. The summed E-state index contributed by atoms with van der Waals surface area (Å²) in [6.07, 6.45) is 1.06. The summed E-state index contributed by atoms with van der Waals surface area (Å²) in [4.78, 5) is 17.5. The standard InChI is InChI=1S/C23H30ClN5O3/c1-15-5-6-18(9-20(15)24)25-7-4-8-28-11-16-13-29(14-17(16)12-28)23(30)19-10-21(31-2)26-27-22(19)32-3/h5-6,9-10,16-17,25H,4,7-8,11-14H2,1-3H3. The molecule has 1 N–H and O–H groups in total. The van der Waals surface area contributed by atoms with Crippen LogP contribution in [-0.4, -0.2) is 79.4 Å². The maximum absolute atomic E-state index is 13.1. The van der Waals surface area contributed by atoms with Crippen LogP contribution in [0.5, 0.6) is 11.8 Å². The Morgan fingerprint density at radius 2 is 1.88 bits per heavy atom. The molecule has 32 heavy (non-hydrogen) atoms. The summed E-state index contributed by atoms with van der Waals surface area (Å²) >= 11 is 6.19. The monoisotopic (exact) mass is 459 g/mol. The number of nitrogens with zero attached hydrogens (tertiary/aromatic N) is 4. The van der Waals surface area contributed by atoms with Gasteiger partial charge in [-0.25, -0.2) is 0 Å². The highest BCUT2D eigenvalue weighted by molar-refractivity contribution is 6.31. The van der Waals surface area contributed by atoms with Crippen LogP contribution in [0.2, 0.25) is 5.02 Å². The van der Waals surface area contributed by atoms with Gasteiger partial charge in [0.1, 0.15) is 5.56 Å². The van der Waals surface area contributed by atoms with Crippen LogP contribution in [-0.2, 0) is 0 Å². The van der Waals surface area contributed by atoms with Gasteiger partial charge in [0.25, 0.3) is 5.91 Å². The van der Waals surface area contributed by atoms with E-state index >= 15 is 0 Å². The third kappa shape index (κ3) is 4.91. The molecule has 1 amide bonds. The van der Waals surface area contributed by atoms with Crippen molar-refractivity contribution in [1.82, 2.24) is 20.0 Å². The van der Waals surface area contributed by atoms with Crippen molar-refractivity contribution in [2.24, 2.45) is 11.8 Å². The number of methoxy groups -OCH3 is 2. The summed E-state index contributed by atoms with van der Waals surface area (Å²) < 4.78 is 10.4. The molecule has 1 aromatic heterocycles. The summed E-state index contributed by atoms with van der Waals surface area (Å²) in [5, 5.41) is 12.1. The summed E-state index contributed by atoms with van der Waals surface area (Å²) in [6, 6.07) is 7.68. The fourth-order valence-electron chi connectivity index (χ4n) is 4.61. The number of rotatable bonds is 8. The number of halogens is 1. The first kappa shape index (κ1) is 22.6. The molecule has 2 aliphatic rings. The molecule has 2 aliphatic heterocycles. The fraction of sp³-hybridized carbons (Fsp3) is 0.522. The van der Waals surface area contributed by atoms with E-state index in [1.54, 1.807) is 6.07 Å². The summed E-state index contributed by atoms with van der Waals surface area (Å²) in [6.45, 7) is 7.53. The molecule has 2 fully saturated rings. The van der Waals surface area contributed by atoms with E-state index in [9.17, 15) is 4.79 Å². The van der Waals surface area contributed by atoms with Crippen LogP contribution in [0.1, 0.15) is 22.3 Å². The van der Waals surface area contributed by atoms with Crippen molar-refractivity contribution >= 4 is 23.2 Å². The van der Waals surface area contributed by atoms with Crippen molar-refractivity contribution in [3.05, 3.63) is 40.4 Å². The summed E-state index contributed by atoms with van der Waals surface area (Å²) in [5.74, 6) is 1.48. The Morgan fingerprint density at radius 1 is 1.12 bits per heavy atom. The lowest BCUT2D eigenvalue weighted by Crippen LogP contribution is -2.34. The number of hydrogen-bond acceptors (Lipinski definition) is 7. The van der Waals surface area contributed by atoms with Crippen molar-refractivity contribution in [1.29, 1.82) is 0 Å². The van der Waals surface area contributed by atoms with Crippen LogP contribution in [0.15, 0.2) is 24.3 Å². The summed E-state index contributed by atoms with van der Waals surface area (Å²) in [7, 11) is 3.00. The number of ether oxygens (including phenoxy) is 2. The fourth-order valence-corrected chi connectivity index (χ4v) is 4.79. The van der Waals surface area contributed by atoms with E-state index in [0.29, 0.717) is 23.3 Å². The van der Waals surface area contributed by atoms with E-state index in [-0.39, 0.29) is 11.8 Å². The van der Waals surface area contributed by atoms with Gasteiger partial charge in [-0.15, -0.1) is 10.2 Å². The van der Waals surface area contributed by atoms with Gasteiger partial charge in [-0.2, -0.15) is 0 Å². The molecule has 2 atom stereocenters. The molecule has 172 valence electrons. The molecule has 2 unspecified atom stereocenters. The van der Waals surface area contributed by atoms with Gasteiger partial charge in [0, 0.05) is 49.5 Å². The lowest BCUT2D eigenvalue weighted by molar-refractivity contribution is 0.0769. The van der Waals surface area contributed by atoms with Crippen LogP contribution in [0.4, 0.5) is 5.69 Å². The Hall–Kier alpha value is -2.58. The molecule has 1 aromatic carbocycles. The SMILES string of the molecule is COc1cc(C(=O)N2CC3CN(CCCNc4ccc(C)c(Cl)c4)CC3C2)c(OC)nn1. The second-order valence-corrected chi connectivity index (χ2v) is 8.95. The van der Waals surface area contributed by atoms with Crippen molar-refractivity contribution in [2.75, 3.05) is 58.8 Å². The molecule has 2 saturated heterocycles. The zero-order valence-corrected chi connectivity index (χ0v) is 19.6. The van der Waals surface area contributed by atoms with Gasteiger partial charge in [-0.1, -0.05) is 17.7 Å². The maximum atomic E-state index is 13.1. The Kier molecular flexibility index (Phi) is 7.01. The minimum Gasteiger partial charge on any atom is -0.480 e. The Balaban J connectivity index is 1.24. The van der Waals surface area contributed by atoms with Crippen LogP contribution in [0.25, 0.3) is 0 Å². The first-order valence-corrected chi connectivity index (χ1v) is 11.3. The zero-order chi connectivity index (χ0) is 22.7. The van der Waals surface area contributed by atoms with Gasteiger partial charge in [0.15, 0.2) is 0 Å². The van der Waals surface area contributed by atoms with E-state index in [4.69, 9.17) is 21.1 Å². The Morgan fingerprint density at radius 3 is 2.53 bits per heavy atom. The van der Waals surface area contributed by atoms with Gasteiger partial charge < -0.3 is 24.6 Å². The molecular formula is C23H30ClN5O3. The predicted molar refractivity (Wildman–Crippen MR) is 124 cm³/mol. The van der Waals surface area contributed by atoms with E-state index in [1.165, 1.54) is 14.2 Å². The summed E-state index contributed by atoms with van der Waals surface area (Å²) in [5.41, 5.74) is 2.55. The van der Waals surface area contributed by atoms with Gasteiger partial charge in [-0.3, -0.25) is 4.79 Å². The van der Waals surface area contributed by atoms with Crippen molar-refractivity contribution in [3.63, 3.8) is 0 Å². The van der Waals surface area contributed by atoms with Crippen molar-refractivity contribution in [3.8, 4) is 11.8 Å². The smallest absolute Gasteiger partial charge is 0.259 e. The number of aryl methyl sites for hydroxylation is 1. The first-order chi connectivity index (χ1) is 15.5.